The number of ether oxygens (including phenoxy) is 3. The Morgan fingerprint density at radius 1 is 1.07 bits per heavy atom. The second-order valence-corrected chi connectivity index (χ2v) is 5.86. The summed E-state index contributed by atoms with van der Waals surface area (Å²) in [6.45, 7) is 0.0675. The van der Waals surface area contributed by atoms with Gasteiger partial charge in [-0.2, -0.15) is 0 Å². The van der Waals surface area contributed by atoms with Crippen molar-refractivity contribution in [3.8, 4) is 5.88 Å². The smallest absolute Gasteiger partial charge is 0.412 e. The second-order valence-electron chi connectivity index (χ2n) is 5.86. The van der Waals surface area contributed by atoms with Crippen molar-refractivity contribution >= 4 is 29.2 Å². The third-order valence-corrected chi connectivity index (χ3v) is 3.95. The van der Waals surface area contributed by atoms with E-state index in [1.165, 1.54) is 20.3 Å². The molecule has 8 heteroatoms. The molecule has 1 aromatic carbocycles. The van der Waals surface area contributed by atoms with E-state index < -0.39 is 12.1 Å². The van der Waals surface area contributed by atoms with Gasteiger partial charge in [-0.3, -0.25) is 10.3 Å². The summed E-state index contributed by atoms with van der Waals surface area (Å²) in [5.41, 5.74) is 2.39. The molecule has 29 heavy (non-hydrogen) atoms. The molecule has 8 nitrogen and oxygen atoms in total. The number of hydrogen-bond acceptors (Lipinski definition) is 7. The van der Waals surface area contributed by atoms with E-state index >= 15 is 0 Å². The zero-order valence-corrected chi connectivity index (χ0v) is 15.9. The summed E-state index contributed by atoms with van der Waals surface area (Å²) in [5.74, 6) is -0.329. The highest BCUT2D eigenvalue weighted by molar-refractivity contribution is 5.99. The number of alkyl carbamates (subject to hydrolysis) is 1. The van der Waals surface area contributed by atoms with Crippen LogP contribution in [0.15, 0.2) is 60.4 Å². The first-order chi connectivity index (χ1) is 14.1. The summed E-state index contributed by atoms with van der Waals surface area (Å²) in [5, 5.41) is 2.43. The molecule has 0 aliphatic carbocycles. The molecular weight excluding hydrogens is 374 g/mol. The van der Waals surface area contributed by atoms with Gasteiger partial charge in [-0.15, -0.1) is 0 Å². The molecule has 0 saturated carbocycles. The molecule has 0 atom stereocenters. The number of benzene rings is 1. The molecule has 0 aliphatic heterocycles. The van der Waals surface area contributed by atoms with Crippen LogP contribution in [0.1, 0.15) is 11.1 Å². The van der Waals surface area contributed by atoms with E-state index in [1.54, 1.807) is 24.4 Å². The van der Waals surface area contributed by atoms with Crippen LogP contribution in [0.5, 0.6) is 5.88 Å². The summed E-state index contributed by atoms with van der Waals surface area (Å²) in [4.78, 5) is 32.9. The van der Waals surface area contributed by atoms with Gasteiger partial charge in [0.25, 0.3) is 0 Å². The highest BCUT2D eigenvalue weighted by Crippen LogP contribution is 2.20. The number of methoxy groups -OCH3 is 2. The van der Waals surface area contributed by atoms with E-state index in [-0.39, 0.29) is 12.3 Å². The Hall–Kier alpha value is -3.94. The standard InChI is InChI=1S/C21H19N3O5/c1-27-18-9-8-16-19(24-18)15(10-11-22-16)12-17(20(25)28-2)23-21(26)29-13-14-6-4-3-5-7-14/h3-12H,13H2,1-2H3,(H,23,26). The monoisotopic (exact) mass is 393 g/mol. The number of rotatable bonds is 6. The molecule has 0 saturated heterocycles. The number of carbonyl (C=O) groups excluding carboxylic acids is 2. The van der Waals surface area contributed by atoms with Crippen molar-refractivity contribution in [1.29, 1.82) is 0 Å². The first-order valence-electron chi connectivity index (χ1n) is 8.68. The Balaban J connectivity index is 1.85. The van der Waals surface area contributed by atoms with Gasteiger partial charge in [-0.1, -0.05) is 30.3 Å². The topological polar surface area (TPSA) is 99.6 Å². The fourth-order valence-corrected chi connectivity index (χ4v) is 2.54. The lowest BCUT2D eigenvalue weighted by Gasteiger charge is -2.10. The highest BCUT2D eigenvalue weighted by Gasteiger charge is 2.16. The van der Waals surface area contributed by atoms with E-state index in [1.807, 2.05) is 30.3 Å². The Morgan fingerprint density at radius 2 is 1.86 bits per heavy atom. The SMILES string of the molecule is COC(=O)C(=Cc1ccnc2ccc(OC)nc12)NC(=O)OCc1ccccc1. The first kappa shape index (κ1) is 19.8. The number of esters is 1. The lowest BCUT2D eigenvalue weighted by molar-refractivity contribution is -0.136. The maximum absolute atomic E-state index is 12.2. The molecule has 2 heterocycles. The number of nitrogens with one attached hydrogen (secondary N) is 1. The number of aromatic nitrogens is 2. The summed E-state index contributed by atoms with van der Waals surface area (Å²) >= 11 is 0. The third-order valence-electron chi connectivity index (χ3n) is 3.95. The molecule has 3 aromatic rings. The Bertz CT molecular complexity index is 1050. The van der Waals surface area contributed by atoms with Crippen LogP contribution in [0.4, 0.5) is 4.79 Å². The molecule has 3 rings (SSSR count). The van der Waals surface area contributed by atoms with Gasteiger partial charge < -0.3 is 14.2 Å². The molecule has 0 radical (unpaired) electrons. The van der Waals surface area contributed by atoms with Gasteiger partial charge in [0.2, 0.25) is 5.88 Å². The number of carbonyl (C=O) groups is 2. The molecular formula is C21H19N3O5. The van der Waals surface area contributed by atoms with Gasteiger partial charge in [0.1, 0.15) is 17.8 Å². The van der Waals surface area contributed by atoms with Crippen molar-refractivity contribution < 1.29 is 23.8 Å². The summed E-state index contributed by atoms with van der Waals surface area (Å²) in [7, 11) is 2.73. The number of amides is 1. The Labute approximate surface area is 167 Å². The predicted molar refractivity (Wildman–Crippen MR) is 106 cm³/mol. The van der Waals surface area contributed by atoms with Crippen LogP contribution in [0.3, 0.4) is 0 Å². The van der Waals surface area contributed by atoms with Gasteiger partial charge in [0, 0.05) is 17.8 Å². The minimum Gasteiger partial charge on any atom is -0.481 e. The minimum absolute atomic E-state index is 0.0675. The Kier molecular flexibility index (Phi) is 6.36. The average Bonchev–Trinajstić information content (AvgIpc) is 2.77. The molecule has 1 N–H and O–H groups in total. The Morgan fingerprint density at radius 3 is 2.59 bits per heavy atom. The number of nitrogens with zero attached hydrogens (tertiary/aromatic N) is 2. The van der Waals surface area contributed by atoms with Crippen LogP contribution in [0, 0.1) is 0 Å². The summed E-state index contributed by atoms with van der Waals surface area (Å²) in [6.07, 6.45) is 2.24. The van der Waals surface area contributed by atoms with Crippen LogP contribution in [0.25, 0.3) is 17.1 Å². The third kappa shape index (κ3) is 5.07. The van der Waals surface area contributed by atoms with Crippen molar-refractivity contribution in [2.75, 3.05) is 14.2 Å². The number of pyridine rings is 2. The molecule has 0 aliphatic rings. The maximum Gasteiger partial charge on any atom is 0.412 e. The number of fused-ring (bicyclic) bond motifs is 1. The molecule has 2 aromatic heterocycles. The van der Waals surface area contributed by atoms with Crippen LogP contribution < -0.4 is 10.1 Å². The molecule has 0 spiro atoms. The van der Waals surface area contributed by atoms with E-state index in [2.05, 4.69) is 15.3 Å². The molecule has 148 valence electrons. The zero-order chi connectivity index (χ0) is 20.6. The fourth-order valence-electron chi connectivity index (χ4n) is 2.54. The summed E-state index contributed by atoms with van der Waals surface area (Å²) in [6, 6.07) is 14.3. The molecule has 0 fully saturated rings. The van der Waals surface area contributed by atoms with E-state index in [4.69, 9.17) is 14.2 Å². The van der Waals surface area contributed by atoms with Gasteiger partial charge in [-0.05, 0) is 23.8 Å². The molecule has 0 bridgehead atoms. The van der Waals surface area contributed by atoms with E-state index in [0.717, 1.165) is 5.56 Å². The van der Waals surface area contributed by atoms with Crippen LogP contribution in [-0.2, 0) is 20.9 Å². The zero-order valence-electron chi connectivity index (χ0n) is 15.9. The van der Waals surface area contributed by atoms with Crippen molar-refractivity contribution in [3.05, 3.63) is 71.6 Å². The lowest BCUT2D eigenvalue weighted by Crippen LogP contribution is -2.28. The van der Waals surface area contributed by atoms with E-state index in [0.29, 0.717) is 22.5 Å². The highest BCUT2D eigenvalue weighted by atomic mass is 16.6. The predicted octanol–water partition coefficient (Wildman–Crippen LogP) is 3.08. The largest absolute Gasteiger partial charge is 0.481 e. The van der Waals surface area contributed by atoms with Crippen LogP contribution >= 0.6 is 0 Å². The van der Waals surface area contributed by atoms with Crippen LogP contribution in [-0.4, -0.2) is 36.3 Å². The second kappa shape index (κ2) is 9.32. The fraction of sp³-hybridized carbons (Fsp3) is 0.143. The van der Waals surface area contributed by atoms with Crippen molar-refractivity contribution in [2.45, 2.75) is 6.61 Å². The van der Waals surface area contributed by atoms with Crippen molar-refractivity contribution in [2.24, 2.45) is 0 Å². The van der Waals surface area contributed by atoms with E-state index in [9.17, 15) is 9.59 Å². The van der Waals surface area contributed by atoms with Gasteiger partial charge >= 0.3 is 12.1 Å². The average molecular weight is 393 g/mol. The van der Waals surface area contributed by atoms with Gasteiger partial charge in [0.15, 0.2) is 0 Å². The molecule has 1 amide bonds. The van der Waals surface area contributed by atoms with Crippen molar-refractivity contribution in [1.82, 2.24) is 15.3 Å². The van der Waals surface area contributed by atoms with Crippen LogP contribution in [0.2, 0.25) is 0 Å². The maximum atomic E-state index is 12.2. The number of hydrogen-bond donors (Lipinski definition) is 1. The van der Waals surface area contributed by atoms with Gasteiger partial charge in [-0.25, -0.2) is 14.6 Å². The summed E-state index contributed by atoms with van der Waals surface area (Å²) < 4.78 is 15.1. The van der Waals surface area contributed by atoms with Crippen molar-refractivity contribution in [3.63, 3.8) is 0 Å². The minimum atomic E-state index is -0.783. The first-order valence-corrected chi connectivity index (χ1v) is 8.68. The van der Waals surface area contributed by atoms with Gasteiger partial charge in [0.05, 0.1) is 19.7 Å². The normalized spacial score (nSPS) is 11.0. The lowest BCUT2D eigenvalue weighted by atomic mass is 10.1. The molecule has 0 unspecified atom stereocenters. The quantitative estimate of drug-likeness (QED) is 0.507.